The maximum Gasteiger partial charge on any atom is 0.129 e. The number of para-hydroxylation sites is 1. The van der Waals surface area contributed by atoms with Crippen LogP contribution >= 0.6 is 23.4 Å². The first kappa shape index (κ1) is 13.3. The topological polar surface area (TPSA) is 38.7 Å². The van der Waals surface area contributed by atoms with Crippen LogP contribution in [0, 0.1) is 6.92 Å². The molecule has 0 unspecified atom stereocenters. The van der Waals surface area contributed by atoms with Gasteiger partial charge in [-0.2, -0.15) is 0 Å². The third-order valence-corrected chi connectivity index (χ3v) is 4.13. The fourth-order valence-corrected chi connectivity index (χ4v) is 3.02. The molecule has 2 heterocycles. The number of thioether (sulfide) groups is 1. The normalized spacial score (nSPS) is 10.9. The molecular formula is C15H12ClN3S. The molecule has 0 radical (unpaired) electrons. The smallest absolute Gasteiger partial charge is 0.129 e. The number of hydrogen-bond donors (Lipinski definition) is 0. The Bertz CT molecular complexity index is 744. The molecule has 0 atom stereocenters. The van der Waals surface area contributed by atoms with Crippen molar-refractivity contribution in [1.29, 1.82) is 0 Å². The summed E-state index contributed by atoms with van der Waals surface area (Å²) in [6.07, 6.45) is 1.80. The minimum absolute atomic E-state index is 0.516. The van der Waals surface area contributed by atoms with E-state index in [0.29, 0.717) is 5.15 Å². The summed E-state index contributed by atoms with van der Waals surface area (Å²) in [5.74, 6) is 1.60. The Labute approximate surface area is 126 Å². The van der Waals surface area contributed by atoms with Gasteiger partial charge in [0.05, 0.1) is 5.52 Å². The Morgan fingerprint density at radius 2 is 1.95 bits per heavy atom. The maximum atomic E-state index is 5.79. The molecule has 0 saturated heterocycles. The van der Waals surface area contributed by atoms with E-state index in [1.165, 1.54) is 0 Å². The highest BCUT2D eigenvalue weighted by Crippen LogP contribution is 2.27. The van der Waals surface area contributed by atoms with Gasteiger partial charge in [0.15, 0.2) is 0 Å². The molecule has 5 heteroatoms. The van der Waals surface area contributed by atoms with Gasteiger partial charge in [-0.25, -0.2) is 15.0 Å². The largest absolute Gasteiger partial charge is 0.244 e. The number of pyridine rings is 1. The number of halogens is 1. The van der Waals surface area contributed by atoms with E-state index < -0.39 is 0 Å². The molecule has 0 aliphatic carbocycles. The number of benzene rings is 1. The van der Waals surface area contributed by atoms with E-state index in [-0.39, 0.29) is 0 Å². The van der Waals surface area contributed by atoms with Gasteiger partial charge in [-0.3, -0.25) is 0 Å². The van der Waals surface area contributed by atoms with E-state index in [0.717, 1.165) is 33.1 Å². The fraction of sp³-hybridized carbons (Fsp3) is 0.133. The number of fused-ring (bicyclic) bond motifs is 1. The van der Waals surface area contributed by atoms with Crippen LogP contribution in [0.15, 0.2) is 47.6 Å². The van der Waals surface area contributed by atoms with E-state index in [1.807, 2.05) is 31.2 Å². The van der Waals surface area contributed by atoms with Crippen molar-refractivity contribution in [2.45, 2.75) is 17.7 Å². The third kappa shape index (κ3) is 2.92. The van der Waals surface area contributed by atoms with Crippen molar-refractivity contribution in [2.24, 2.45) is 0 Å². The highest BCUT2D eigenvalue weighted by Gasteiger charge is 2.06. The molecule has 1 aromatic carbocycles. The molecular weight excluding hydrogens is 290 g/mol. The Morgan fingerprint density at radius 1 is 1.10 bits per heavy atom. The molecule has 0 N–H and O–H groups in total. The van der Waals surface area contributed by atoms with E-state index >= 15 is 0 Å². The summed E-state index contributed by atoms with van der Waals surface area (Å²) >= 11 is 7.48. The Balaban J connectivity index is 1.88. The molecule has 0 aliphatic rings. The lowest BCUT2D eigenvalue weighted by molar-refractivity contribution is 1.01. The summed E-state index contributed by atoms with van der Waals surface area (Å²) < 4.78 is 0. The zero-order valence-electron chi connectivity index (χ0n) is 10.9. The SMILES string of the molecule is Cc1nc(SCc2ccc(Cl)nc2)c2ccccc2n1. The predicted molar refractivity (Wildman–Crippen MR) is 83.1 cm³/mol. The highest BCUT2D eigenvalue weighted by molar-refractivity contribution is 7.98. The van der Waals surface area contributed by atoms with Gasteiger partial charge >= 0.3 is 0 Å². The molecule has 3 nitrogen and oxygen atoms in total. The Kier molecular flexibility index (Phi) is 3.85. The van der Waals surface area contributed by atoms with Crippen LogP contribution in [0.25, 0.3) is 10.9 Å². The molecule has 0 amide bonds. The van der Waals surface area contributed by atoms with Crippen molar-refractivity contribution in [1.82, 2.24) is 15.0 Å². The monoisotopic (exact) mass is 301 g/mol. The number of nitrogens with zero attached hydrogens (tertiary/aromatic N) is 3. The van der Waals surface area contributed by atoms with Crippen LogP contribution in [0.5, 0.6) is 0 Å². The van der Waals surface area contributed by atoms with Gasteiger partial charge in [-0.05, 0) is 24.6 Å². The molecule has 0 spiro atoms. The summed E-state index contributed by atoms with van der Waals surface area (Å²) in [6.45, 7) is 1.92. The first-order chi connectivity index (χ1) is 9.72. The standard InChI is InChI=1S/C15H12ClN3S/c1-10-18-13-5-3-2-4-12(13)15(19-10)20-9-11-6-7-14(16)17-8-11/h2-8H,9H2,1H3. The van der Waals surface area contributed by atoms with Crippen LogP contribution < -0.4 is 0 Å². The van der Waals surface area contributed by atoms with Crippen molar-refractivity contribution >= 4 is 34.3 Å². The van der Waals surface area contributed by atoms with E-state index in [2.05, 4.69) is 21.0 Å². The van der Waals surface area contributed by atoms with Crippen LogP contribution in [-0.2, 0) is 5.75 Å². The first-order valence-electron chi connectivity index (χ1n) is 6.19. The zero-order chi connectivity index (χ0) is 13.9. The molecule has 0 bridgehead atoms. The molecule has 2 aromatic heterocycles. The van der Waals surface area contributed by atoms with Crippen molar-refractivity contribution < 1.29 is 0 Å². The Hall–Kier alpha value is -1.65. The quantitative estimate of drug-likeness (QED) is 0.411. The molecule has 0 saturated carbocycles. The predicted octanol–water partition coefficient (Wildman–Crippen LogP) is 4.28. The number of aromatic nitrogens is 3. The zero-order valence-corrected chi connectivity index (χ0v) is 12.4. The van der Waals surface area contributed by atoms with Crippen molar-refractivity contribution in [2.75, 3.05) is 0 Å². The Morgan fingerprint density at radius 3 is 2.75 bits per heavy atom. The van der Waals surface area contributed by atoms with Gasteiger partial charge in [0, 0.05) is 17.3 Å². The van der Waals surface area contributed by atoms with Crippen LogP contribution in [0.3, 0.4) is 0 Å². The van der Waals surface area contributed by atoms with E-state index in [9.17, 15) is 0 Å². The second kappa shape index (κ2) is 5.77. The van der Waals surface area contributed by atoms with Gasteiger partial charge in [-0.15, -0.1) is 11.8 Å². The third-order valence-electron chi connectivity index (χ3n) is 2.84. The molecule has 20 heavy (non-hydrogen) atoms. The molecule has 3 aromatic rings. The number of aryl methyl sites for hydroxylation is 1. The average Bonchev–Trinajstić information content (AvgIpc) is 2.46. The molecule has 100 valence electrons. The minimum Gasteiger partial charge on any atom is -0.244 e. The molecule has 0 aliphatic heterocycles. The summed E-state index contributed by atoms with van der Waals surface area (Å²) in [5, 5.41) is 2.61. The van der Waals surface area contributed by atoms with E-state index in [4.69, 9.17) is 11.6 Å². The lowest BCUT2D eigenvalue weighted by atomic mass is 10.2. The van der Waals surface area contributed by atoms with Gasteiger partial charge < -0.3 is 0 Å². The maximum absolute atomic E-state index is 5.79. The van der Waals surface area contributed by atoms with Crippen molar-refractivity contribution in [3.8, 4) is 0 Å². The van der Waals surface area contributed by atoms with Crippen LogP contribution in [0.1, 0.15) is 11.4 Å². The summed E-state index contributed by atoms with van der Waals surface area (Å²) in [6, 6.07) is 11.9. The molecule has 3 rings (SSSR count). The van der Waals surface area contributed by atoms with E-state index in [1.54, 1.807) is 24.0 Å². The van der Waals surface area contributed by atoms with Crippen molar-refractivity contribution in [3.05, 3.63) is 59.1 Å². The van der Waals surface area contributed by atoms with Crippen LogP contribution in [0.2, 0.25) is 5.15 Å². The van der Waals surface area contributed by atoms with Gasteiger partial charge in [-0.1, -0.05) is 35.9 Å². The summed E-state index contributed by atoms with van der Waals surface area (Å²) in [4.78, 5) is 13.1. The van der Waals surface area contributed by atoms with Crippen molar-refractivity contribution in [3.63, 3.8) is 0 Å². The molecule has 0 fully saturated rings. The lowest BCUT2D eigenvalue weighted by Gasteiger charge is -2.06. The number of hydrogen-bond acceptors (Lipinski definition) is 4. The fourth-order valence-electron chi connectivity index (χ4n) is 1.91. The summed E-state index contributed by atoms with van der Waals surface area (Å²) in [7, 11) is 0. The lowest BCUT2D eigenvalue weighted by Crippen LogP contribution is -1.93. The van der Waals surface area contributed by atoms with Crippen LogP contribution in [-0.4, -0.2) is 15.0 Å². The second-order valence-corrected chi connectivity index (χ2v) is 5.72. The second-order valence-electron chi connectivity index (χ2n) is 4.37. The van der Waals surface area contributed by atoms with Gasteiger partial charge in [0.1, 0.15) is 16.0 Å². The average molecular weight is 302 g/mol. The van der Waals surface area contributed by atoms with Crippen LogP contribution in [0.4, 0.5) is 0 Å². The highest BCUT2D eigenvalue weighted by atomic mass is 35.5. The minimum atomic E-state index is 0.516. The van der Waals surface area contributed by atoms with Gasteiger partial charge in [0.2, 0.25) is 0 Å². The van der Waals surface area contributed by atoms with Gasteiger partial charge in [0.25, 0.3) is 0 Å². The first-order valence-corrected chi connectivity index (χ1v) is 7.55. The summed E-state index contributed by atoms with van der Waals surface area (Å²) in [5.41, 5.74) is 2.11. The number of rotatable bonds is 3.